The highest BCUT2D eigenvalue weighted by atomic mass is 16.5. The predicted molar refractivity (Wildman–Crippen MR) is 95.3 cm³/mol. The van der Waals surface area contributed by atoms with Crippen LogP contribution in [0.3, 0.4) is 0 Å². The minimum Gasteiger partial charge on any atom is -0.377 e. The first kappa shape index (κ1) is 17.6. The highest BCUT2D eigenvalue weighted by Crippen LogP contribution is 2.21. The molecular formula is C19H31N3O2. The second-order valence-corrected chi connectivity index (χ2v) is 7.69. The van der Waals surface area contributed by atoms with E-state index >= 15 is 0 Å². The van der Waals surface area contributed by atoms with Crippen LogP contribution < -0.4 is 5.56 Å². The number of ether oxygens (including phenoxy) is 1. The Morgan fingerprint density at radius 2 is 2.00 bits per heavy atom. The molecule has 0 N–H and O–H groups in total. The van der Waals surface area contributed by atoms with Gasteiger partial charge < -0.3 is 9.64 Å². The summed E-state index contributed by atoms with van der Waals surface area (Å²) in [7, 11) is 0. The highest BCUT2D eigenvalue weighted by Gasteiger charge is 2.23. The second kappa shape index (κ2) is 8.26. The third kappa shape index (κ3) is 4.67. The molecule has 0 aromatic carbocycles. The van der Waals surface area contributed by atoms with E-state index in [1.807, 2.05) is 0 Å². The molecule has 1 atom stereocenters. The van der Waals surface area contributed by atoms with Crippen molar-refractivity contribution in [3.63, 3.8) is 0 Å². The van der Waals surface area contributed by atoms with Crippen LogP contribution in [0.25, 0.3) is 0 Å². The molecule has 0 radical (unpaired) electrons. The summed E-state index contributed by atoms with van der Waals surface area (Å²) in [5, 5.41) is 0. The summed E-state index contributed by atoms with van der Waals surface area (Å²) in [5.74, 6) is 0.885. The molecule has 0 spiro atoms. The lowest BCUT2D eigenvalue weighted by molar-refractivity contribution is -0.0117. The Morgan fingerprint density at radius 3 is 2.62 bits per heavy atom. The van der Waals surface area contributed by atoms with Gasteiger partial charge in [0.25, 0.3) is 5.56 Å². The number of rotatable bonds is 5. The Balaban J connectivity index is 1.47. The number of piperidine rings is 1. The fraction of sp³-hybridized carbons (Fsp3) is 0.789. The third-order valence-electron chi connectivity index (χ3n) is 5.39. The smallest absolute Gasteiger partial charge is 0.253 e. The molecule has 2 aliphatic heterocycles. The van der Waals surface area contributed by atoms with Crippen LogP contribution in [0.15, 0.2) is 17.2 Å². The zero-order valence-electron chi connectivity index (χ0n) is 15.1. The first-order valence-electron chi connectivity index (χ1n) is 9.52. The molecule has 0 saturated carbocycles. The monoisotopic (exact) mass is 333 g/mol. The Labute approximate surface area is 145 Å². The molecule has 1 aromatic rings. The van der Waals surface area contributed by atoms with Gasteiger partial charge in [0.05, 0.1) is 18.1 Å². The van der Waals surface area contributed by atoms with Crippen molar-refractivity contribution in [3.05, 3.63) is 28.4 Å². The van der Waals surface area contributed by atoms with E-state index in [-0.39, 0.29) is 5.56 Å². The predicted octanol–water partition coefficient (Wildman–Crippen LogP) is 2.65. The first-order chi connectivity index (χ1) is 11.6. The molecule has 1 unspecified atom stereocenters. The molecule has 5 heteroatoms. The lowest BCUT2D eigenvalue weighted by Crippen LogP contribution is -2.41. The Kier molecular flexibility index (Phi) is 6.06. The summed E-state index contributed by atoms with van der Waals surface area (Å²) in [5.41, 5.74) is 0.977. The average molecular weight is 333 g/mol. The summed E-state index contributed by atoms with van der Waals surface area (Å²) in [6.45, 7) is 9.20. The summed E-state index contributed by atoms with van der Waals surface area (Å²) < 4.78 is 7.64. The first-order valence-corrected chi connectivity index (χ1v) is 9.52. The molecule has 134 valence electrons. The third-order valence-corrected chi connectivity index (χ3v) is 5.39. The van der Waals surface area contributed by atoms with Gasteiger partial charge >= 0.3 is 0 Å². The molecule has 0 bridgehead atoms. The summed E-state index contributed by atoms with van der Waals surface area (Å²) in [6.07, 6.45) is 8.23. The van der Waals surface area contributed by atoms with Gasteiger partial charge in [0.1, 0.15) is 0 Å². The number of hydrogen-bond acceptors (Lipinski definition) is 4. The molecule has 2 saturated heterocycles. The number of hydrogen-bond donors (Lipinski definition) is 0. The van der Waals surface area contributed by atoms with Crippen LogP contribution >= 0.6 is 0 Å². The fourth-order valence-corrected chi connectivity index (χ4v) is 3.76. The molecule has 24 heavy (non-hydrogen) atoms. The van der Waals surface area contributed by atoms with Crippen LogP contribution in [-0.2, 0) is 11.3 Å². The van der Waals surface area contributed by atoms with Gasteiger partial charge in [-0.25, -0.2) is 4.98 Å². The van der Waals surface area contributed by atoms with E-state index in [1.165, 1.54) is 19.3 Å². The van der Waals surface area contributed by atoms with Crippen molar-refractivity contribution in [1.82, 2.24) is 14.5 Å². The van der Waals surface area contributed by atoms with E-state index in [0.29, 0.717) is 17.9 Å². The van der Waals surface area contributed by atoms with Crippen molar-refractivity contribution < 1.29 is 4.74 Å². The topological polar surface area (TPSA) is 47.4 Å². The zero-order valence-corrected chi connectivity index (χ0v) is 15.1. The van der Waals surface area contributed by atoms with E-state index in [9.17, 15) is 4.79 Å². The van der Waals surface area contributed by atoms with Gasteiger partial charge in [0, 0.05) is 25.8 Å². The van der Waals surface area contributed by atoms with Crippen LogP contribution in [0.2, 0.25) is 0 Å². The Hall–Kier alpha value is -1.20. The molecule has 5 nitrogen and oxygen atoms in total. The van der Waals surface area contributed by atoms with Gasteiger partial charge in [0.15, 0.2) is 0 Å². The van der Waals surface area contributed by atoms with E-state index in [2.05, 4.69) is 23.7 Å². The molecule has 3 heterocycles. The van der Waals surface area contributed by atoms with Crippen molar-refractivity contribution in [2.24, 2.45) is 5.92 Å². The van der Waals surface area contributed by atoms with E-state index in [1.54, 1.807) is 17.0 Å². The lowest BCUT2D eigenvalue weighted by atomic mass is 9.96. The average Bonchev–Trinajstić information content (AvgIpc) is 2.59. The summed E-state index contributed by atoms with van der Waals surface area (Å²) in [4.78, 5) is 19.2. The molecule has 1 aromatic heterocycles. The van der Waals surface area contributed by atoms with Gasteiger partial charge in [-0.3, -0.25) is 9.36 Å². The quantitative estimate of drug-likeness (QED) is 0.831. The van der Waals surface area contributed by atoms with Gasteiger partial charge in [0.2, 0.25) is 0 Å². The van der Waals surface area contributed by atoms with Crippen molar-refractivity contribution in [2.75, 3.05) is 26.2 Å². The van der Waals surface area contributed by atoms with Crippen LogP contribution in [0.4, 0.5) is 0 Å². The fourth-order valence-electron chi connectivity index (χ4n) is 3.76. The maximum Gasteiger partial charge on any atom is 0.253 e. The maximum atomic E-state index is 12.2. The zero-order chi connectivity index (χ0) is 16.9. The molecule has 2 fully saturated rings. The van der Waals surface area contributed by atoms with E-state index < -0.39 is 0 Å². The summed E-state index contributed by atoms with van der Waals surface area (Å²) >= 11 is 0. The lowest BCUT2D eigenvalue weighted by Gasteiger charge is -2.35. The second-order valence-electron chi connectivity index (χ2n) is 7.69. The molecule has 2 aliphatic rings. The normalized spacial score (nSPS) is 23.7. The largest absolute Gasteiger partial charge is 0.377 e. The molecule has 0 amide bonds. The molecular weight excluding hydrogens is 302 g/mol. The van der Waals surface area contributed by atoms with Gasteiger partial charge in [-0.05, 0) is 57.0 Å². The van der Waals surface area contributed by atoms with Crippen LogP contribution in [0.5, 0.6) is 0 Å². The number of nitrogens with zero attached hydrogens (tertiary/aromatic N) is 3. The van der Waals surface area contributed by atoms with Crippen molar-refractivity contribution in [3.8, 4) is 0 Å². The van der Waals surface area contributed by atoms with Crippen molar-refractivity contribution in [1.29, 1.82) is 0 Å². The van der Waals surface area contributed by atoms with E-state index in [4.69, 9.17) is 4.74 Å². The van der Waals surface area contributed by atoms with E-state index in [0.717, 1.165) is 51.3 Å². The highest BCUT2D eigenvalue weighted by molar-refractivity contribution is 5.04. The van der Waals surface area contributed by atoms with Crippen molar-refractivity contribution >= 4 is 0 Å². The van der Waals surface area contributed by atoms with Crippen molar-refractivity contribution in [2.45, 2.75) is 64.5 Å². The number of aromatic nitrogens is 2. The SMILES string of the molecule is CC(C)c1cc(=O)n(CC2CCN(CC3CCCCO3)CC2)cn1. The van der Waals surface area contributed by atoms with Crippen LogP contribution in [0.1, 0.15) is 57.6 Å². The Bertz CT molecular complexity index is 570. The minimum atomic E-state index is 0.0896. The minimum absolute atomic E-state index is 0.0896. The number of likely N-dealkylation sites (tertiary alicyclic amines) is 1. The van der Waals surface area contributed by atoms with Gasteiger partial charge in [-0.1, -0.05) is 13.8 Å². The maximum absolute atomic E-state index is 12.2. The van der Waals surface area contributed by atoms with Gasteiger partial charge in [-0.15, -0.1) is 0 Å². The van der Waals surface area contributed by atoms with Crippen LogP contribution in [-0.4, -0.2) is 46.8 Å². The molecule has 0 aliphatic carbocycles. The van der Waals surface area contributed by atoms with Gasteiger partial charge in [-0.2, -0.15) is 0 Å². The Morgan fingerprint density at radius 1 is 1.21 bits per heavy atom. The standard InChI is InChI=1S/C19H31N3O2/c1-15(2)18-11-19(23)22(14-20-18)12-16-6-8-21(9-7-16)13-17-5-3-4-10-24-17/h11,14-17H,3-10,12-13H2,1-2H3. The van der Waals surface area contributed by atoms with Crippen LogP contribution in [0, 0.1) is 5.92 Å². The summed E-state index contributed by atoms with van der Waals surface area (Å²) in [6, 6.07) is 1.69. The molecule has 3 rings (SSSR count).